The molecule has 0 amide bonds. The number of aliphatic hydroxyl groups is 1. The van der Waals surface area contributed by atoms with E-state index in [1.54, 1.807) is 18.2 Å². The summed E-state index contributed by atoms with van der Waals surface area (Å²) in [5.74, 6) is 1.25. The maximum absolute atomic E-state index is 9.13. The second-order valence-electron chi connectivity index (χ2n) is 4.47. The first-order chi connectivity index (χ1) is 9.13. The van der Waals surface area contributed by atoms with Crippen LogP contribution in [0.25, 0.3) is 0 Å². The zero-order valence-corrected chi connectivity index (χ0v) is 11.0. The summed E-state index contributed by atoms with van der Waals surface area (Å²) < 4.78 is 5.81. The Balaban J connectivity index is 2.38. The molecule has 1 N–H and O–H groups in total. The van der Waals surface area contributed by atoms with Crippen LogP contribution < -0.4 is 4.74 Å². The lowest BCUT2D eigenvalue weighted by molar-refractivity contribution is 0.281. The highest BCUT2D eigenvalue weighted by atomic mass is 16.5. The van der Waals surface area contributed by atoms with Crippen LogP contribution in [-0.2, 0) is 6.61 Å². The monoisotopic (exact) mass is 253 g/mol. The predicted octanol–water partition coefficient (Wildman–Crippen LogP) is 3.46. The van der Waals surface area contributed by atoms with Crippen LogP contribution in [0, 0.1) is 25.2 Å². The maximum atomic E-state index is 9.13. The molecule has 0 atom stereocenters. The quantitative estimate of drug-likeness (QED) is 0.911. The number of rotatable bonds is 3. The SMILES string of the molecule is Cc1ccc(C)c(Oc2ccc(CO)cc2C#N)c1. The van der Waals surface area contributed by atoms with Crippen molar-refractivity contribution in [1.82, 2.24) is 0 Å². The Bertz CT molecular complexity index is 642. The summed E-state index contributed by atoms with van der Waals surface area (Å²) in [5, 5.41) is 18.2. The third kappa shape index (κ3) is 2.93. The van der Waals surface area contributed by atoms with Crippen molar-refractivity contribution >= 4 is 0 Å². The third-order valence-corrected chi connectivity index (χ3v) is 2.91. The van der Waals surface area contributed by atoms with E-state index in [0.717, 1.165) is 16.9 Å². The lowest BCUT2D eigenvalue weighted by Crippen LogP contribution is -1.93. The van der Waals surface area contributed by atoms with Gasteiger partial charge in [0.1, 0.15) is 17.6 Å². The second-order valence-corrected chi connectivity index (χ2v) is 4.47. The predicted molar refractivity (Wildman–Crippen MR) is 73.1 cm³/mol. The maximum Gasteiger partial charge on any atom is 0.145 e. The summed E-state index contributed by atoms with van der Waals surface area (Å²) in [6.45, 7) is 3.87. The molecule has 0 aliphatic rings. The molecule has 0 fully saturated rings. The summed E-state index contributed by atoms with van der Waals surface area (Å²) in [4.78, 5) is 0. The molecule has 3 heteroatoms. The van der Waals surface area contributed by atoms with Crippen molar-refractivity contribution in [2.24, 2.45) is 0 Å². The molecule has 2 aromatic carbocycles. The van der Waals surface area contributed by atoms with E-state index in [0.29, 0.717) is 16.9 Å². The molecule has 0 saturated heterocycles. The number of hydrogen-bond donors (Lipinski definition) is 1. The summed E-state index contributed by atoms with van der Waals surface area (Å²) in [5.41, 5.74) is 3.24. The minimum atomic E-state index is -0.0849. The molecule has 0 spiro atoms. The number of aliphatic hydroxyl groups excluding tert-OH is 1. The van der Waals surface area contributed by atoms with Crippen molar-refractivity contribution in [3.05, 3.63) is 58.7 Å². The third-order valence-electron chi connectivity index (χ3n) is 2.91. The van der Waals surface area contributed by atoms with Crippen molar-refractivity contribution in [2.75, 3.05) is 0 Å². The largest absolute Gasteiger partial charge is 0.456 e. The van der Waals surface area contributed by atoms with Gasteiger partial charge in [-0.05, 0) is 48.7 Å². The molecule has 19 heavy (non-hydrogen) atoms. The van der Waals surface area contributed by atoms with Crippen LogP contribution in [0.4, 0.5) is 0 Å². The van der Waals surface area contributed by atoms with E-state index in [1.807, 2.05) is 32.0 Å². The van der Waals surface area contributed by atoms with Crippen molar-refractivity contribution < 1.29 is 9.84 Å². The highest BCUT2D eigenvalue weighted by molar-refractivity contribution is 5.48. The van der Waals surface area contributed by atoms with Gasteiger partial charge < -0.3 is 9.84 Å². The number of ether oxygens (including phenoxy) is 1. The topological polar surface area (TPSA) is 53.2 Å². The highest BCUT2D eigenvalue weighted by Crippen LogP contribution is 2.29. The molecule has 0 aliphatic heterocycles. The molecule has 2 aromatic rings. The van der Waals surface area contributed by atoms with Gasteiger partial charge in [-0.3, -0.25) is 0 Å². The van der Waals surface area contributed by atoms with Crippen LogP contribution in [0.5, 0.6) is 11.5 Å². The molecule has 0 bridgehead atoms. The second kappa shape index (κ2) is 5.55. The van der Waals surface area contributed by atoms with Crippen molar-refractivity contribution in [3.63, 3.8) is 0 Å². The van der Waals surface area contributed by atoms with Gasteiger partial charge in [-0.1, -0.05) is 18.2 Å². The lowest BCUT2D eigenvalue weighted by Gasteiger charge is -2.11. The van der Waals surface area contributed by atoms with Crippen molar-refractivity contribution in [1.29, 1.82) is 5.26 Å². The molecule has 96 valence electrons. The Kier molecular flexibility index (Phi) is 3.84. The molecule has 0 aliphatic carbocycles. The Labute approximate surface area is 112 Å². The van der Waals surface area contributed by atoms with E-state index >= 15 is 0 Å². The van der Waals surface area contributed by atoms with E-state index in [1.165, 1.54) is 0 Å². The summed E-state index contributed by atoms with van der Waals surface area (Å²) in [7, 11) is 0. The molecule has 0 radical (unpaired) electrons. The Morgan fingerprint density at radius 3 is 2.58 bits per heavy atom. The van der Waals surface area contributed by atoms with Crippen LogP contribution in [0.1, 0.15) is 22.3 Å². The molecule has 0 saturated carbocycles. The Hall–Kier alpha value is -2.31. The molecule has 0 heterocycles. The molecular weight excluding hydrogens is 238 g/mol. The van der Waals surface area contributed by atoms with Gasteiger partial charge in [-0.15, -0.1) is 0 Å². The van der Waals surface area contributed by atoms with Gasteiger partial charge >= 0.3 is 0 Å². The van der Waals surface area contributed by atoms with Crippen molar-refractivity contribution in [3.8, 4) is 17.6 Å². The fourth-order valence-electron chi connectivity index (χ4n) is 1.79. The minimum Gasteiger partial charge on any atom is -0.456 e. The molecule has 0 unspecified atom stereocenters. The van der Waals surface area contributed by atoms with E-state index < -0.39 is 0 Å². The average Bonchev–Trinajstić information content (AvgIpc) is 2.43. The van der Waals surface area contributed by atoms with Crippen LogP contribution in [0.15, 0.2) is 36.4 Å². The minimum absolute atomic E-state index is 0.0849. The molecule has 2 rings (SSSR count). The van der Waals surface area contributed by atoms with E-state index in [4.69, 9.17) is 15.1 Å². The summed E-state index contributed by atoms with van der Waals surface area (Å²) in [6.07, 6.45) is 0. The molecular formula is C16H15NO2. The van der Waals surface area contributed by atoms with Gasteiger partial charge in [0.15, 0.2) is 0 Å². The normalized spacial score (nSPS) is 10.0. The number of nitriles is 1. The Morgan fingerprint density at radius 2 is 1.89 bits per heavy atom. The zero-order valence-electron chi connectivity index (χ0n) is 11.0. The summed E-state index contributed by atoms with van der Waals surface area (Å²) in [6, 6.07) is 13.1. The van der Waals surface area contributed by atoms with E-state index in [-0.39, 0.29) is 6.61 Å². The fraction of sp³-hybridized carbons (Fsp3) is 0.188. The first kappa shape index (κ1) is 13.1. The fourth-order valence-corrected chi connectivity index (χ4v) is 1.79. The first-order valence-corrected chi connectivity index (χ1v) is 6.03. The van der Waals surface area contributed by atoms with Gasteiger partial charge in [-0.25, -0.2) is 0 Å². The van der Waals surface area contributed by atoms with Gasteiger partial charge in [0.05, 0.1) is 12.2 Å². The number of benzene rings is 2. The first-order valence-electron chi connectivity index (χ1n) is 6.03. The molecule has 3 nitrogen and oxygen atoms in total. The smallest absolute Gasteiger partial charge is 0.145 e. The molecule has 0 aromatic heterocycles. The standard InChI is InChI=1S/C16H15NO2/c1-11-3-4-12(2)16(7-11)19-15-6-5-13(10-18)8-14(15)9-17/h3-8,18H,10H2,1-2H3. The lowest BCUT2D eigenvalue weighted by atomic mass is 10.1. The van der Waals surface area contributed by atoms with Gasteiger partial charge in [0, 0.05) is 0 Å². The van der Waals surface area contributed by atoms with Gasteiger partial charge in [0.25, 0.3) is 0 Å². The number of nitrogens with zero attached hydrogens (tertiary/aromatic N) is 1. The van der Waals surface area contributed by atoms with Crippen LogP contribution in [-0.4, -0.2) is 5.11 Å². The van der Waals surface area contributed by atoms with E-state index in [9.17, 15) is 0 Å². The van der Waals surface area contributed by atoms with E-state index in [2.05, 4.69) is 6.07 Å². The average molecular weight is 253 g/mol. The van der Waals surface area contributed by atoms with Crippen LogP contribution >= 0.6 is 0 Å². The van der Waals surface area contributed by atoms with Gasteiger partial charge in [-0.2, -0.15) is 5.26 Å². The zero-order chi connectivity index (χ0) is 13.8. The number of aryl methyl sites for hydroxylation is 2. The van der Waals surface area contributed by atoms with Crippen molar-refractivity contribution in [2.45, 2.75) is 20.5 Å². The van der Waals surface area contributed by atoms with Gasteiger partial charge in [0.2, 0.25) is 0 Å². The number of hydrogen-bond acceptors (Lipinski definition) is 3. The summed E-state index contributed by atoms with van der Waals surface area (Å²) >= 11 is 0. The Morgan fingerprint density at radius 1 is 1.11 bits per heavy atom. The highest BCUT2D eigenvalue weighted by Gasteiger charge is 2.08. The van der Waals surface area contributed by atoms with Crippen LogP contribution in [0.2, 0.25) is 0 Å². The van der Waals surface area contributed by atoms with Crippen LogP contribution in [0.3, 0.4) is 0 Å².